The van der Waals surface area contributed by atoms with E-state index in [4.69, 9.17) is 16.3 Å². The van der Waals surface area contributed by atoms with Crippen molar-refractivity contribution < 1.29 is 9.13 Å². The Bertz CT molecular complexity index is 578. The molecule has 1 aromatic heterocycles. The second-order valence-corrected chi connectivity index (χ2v) is 4.77. The van der Waals surface area contributed by atoms with Crippen LogP contribution in [0, 0.1) is 5.82 Å². The second kappa shape index (κ2) is 7.22. The SMILES string of the molecule is CCCNCc1c(F)cccc1Oc1cncc(Cl)c1. The minimum absolute atomic E-state index is 0.291. The minimum Gasteiger partial charge on any atom is -0.455 e. The fraction of sp³-hybridized carbons (Fsp3) is 0.267. The number of nitrogens with zero attached hydrogens (tertiary/aromatic N) is 1. The van der Waals surface area contributed by atoms with Crippen molar-refractivity contribution in [3.63, 3.8) is 0 Å². The molecule has 0 amide bonds. The number of aromatic nitrogens is 1. The molecule has 0 aliphatic rings. The topological polar surface area (TPSA) is 34.1 Å². The predicted molar refractivity (Wildman–Crippen MR) is 77.7 cm³/mol. The van der Waals surface area contributed by atoms with Gasteiger partial charge in [-0.15, -0.1) is 0 Å². The van der Waals surface area contributed by atoms with Crippen LogP contribution in [-0.4, -0.2) is 11.5 Å². The normalized spacial score (nSPS) is 10.6. The van der Waals surface area contributed by atoms with Gasteiger partial charge in [-0.1, -0.05) is 24.6 Å². The van der Waals surface area contributed by atoms with E-state index in [1.54, 1.807) is 24.4 Å². The van der Waals surface area contributed by atoms with E-state index in [0.717, 1.165) is 13.0 Å². The van der Waals surface area contributed by atoms with Gasteiger partial charge in [-0.3, -0.25) is 4.98 Å². The molecule has 0 radical (unpaired) electrons. The first-order valence-corrected chi connectivity index (χ1v) is 6.85. The minimum atomic E-state index is -0.291. The first-order chi connectivity index (χ1) is 9.70. The fourth-order valence-electron chi connectivity index (χ4n) is 1.77. The van der Waals surface area contributed by atoms with Gasteiger partial charge in [-0.25, -0.2) is 4.39 Å². The molecular weight excluding hydrogens is 279 g/mol. The van der Waals surface area contributed by atoms with E-state index < -0.39 is 0 Å². The van der Waals surface area contributed by atoms with Crippen molar-refractivity contribution in [3.8, 4) is 11.5 Å². The Balaban J connectivity index is 2.20. The molecule has 0 unspecified atom stereocenters. The van der Waals surface area contributed by atoms with Crippen molar-refractivity contribution >= 4 is 11.6 Å². The molecule has 0 spiro atoms. The summed E-state index contributed by atoms with van der Waals surface area (Å²) in [5, 5.41) is 3.64. The summed E-state index contributed by atoms with van der Waals surface area (Å²) < 4.78 is 19.6. The Morgan fingerprint density at radius 2 is 2.20 bits per heavy atom. The molecule has 1 heterocycles. The number of ether oxygens (including phenoxy) is 1. The molecule has 106 valence electrons. The lowest BCUT2D eigenvalue weighted by Gasteiger charge is -2.12. The highest BCUT2D eigenvalue weighted by molar-refractivity contribution is 6.30. The van der Waals surface area contributed by atoms with Gasteiger partial charge in [0.05, 0.1) is 11.2 Å². The average Bonchev–Trinajstić information content (AvgIpc) is 2.42. The summed E-state index contributed by atoms with van der Waals surface area (Å²) in [6, 6.07) is 6.41. The number of halogens is 2. The zero-order valence-electron chi connectivity index (χ0n) is 11.2. The molecule has 0 saturated heterocycles. The van der Waals surface area contributed by atoms with Crippen molar-refractivity contribution in [1.82, 2.24) is 10.3 Å². The Kier molecular flexibility index (Phi) is 5.32. The van der Waals surface area contributed by atoms with E-state index in [1.165, 1.54) is 12.3 Å². The number of nitrogens with one attached hydrogen (secondary N) is 1. The fourth-order valence-corrected chi connectivity index (χ4v) is 1.94. The van der Waals surface area contributed by atoms with Gasteiger partial charge in [0.1, 0.15) is 17.3 Å². The number of hydrogen-bond acceptors (Lipinski definition) is 3. The van der Waals surface area contributed by atoms with Crippen LogP contribution in [0.15, 0.2) is 36.7 Å². The van der Waals surface area contributed by atoms with Crippen LogP contribution in [0.3, 0.4) is 0 Å². The van der Waals surface area contributed by atoms with Crippen LogP contribution in [0.2, 0.25) is 5.02 Å². The van der Waals surface area contributed by atoms with Gasteiger partial charge in [0.15, 0.2) is 0 Å². The molecule has 2 rings (SSSR count). The van der Waals surface area contributed by atoms with Crippen molar-refractivity contribution in [2.45, 2.75) is 19.9 Å². The predicted octanol–water partition coefficient (Wildman–Crippen LogP) is 4.17. The summed E-state index contributed by atoms with van der Waals surface area (Å²) >= 11 is 5.86. The van der Waals surface area contributed by atoms with Crippen LogP contribution >= 0.6 is 11.6 Å². The lowest BCUT2D eigenvalue weighted by atomic mass is 10.2. The van der Waals surface area contributed by atoms with E-state index in [1.807, 2.05) is 0 Å². The largest absolute Gasteiger partial charge is 0.455 e. The van der Waals surface area contributed by atoms with Crippen molar-refractivity contribution in [2.75, 3.05) is 6.54 Å². The molecule has 0 saturated carbocycles. The highest BCUT2D eigenvalue weighted by atomic mass is 35.5. The highest BCUT2D eigenvalue weighted by Crippen LogP contribution is 2.28. The smallest absolute Gasteiger partial charge is 0.147 e. The number of benzene rings is 1. The zero-order valence-corrected chi connectivity index (χ0v) is 12.0. The average molecular weight is 295 g/mol. The van der Waals surface area contributed by atoms with E-state index in [0.29, 0.717) is 28.6 Å². The Morgan fingerprint density at radius 3 is 2.95 bits per heavy atom. The second-order valence-electron chi connectivity index (χ2n) is 4.33. The molecular formula is C15H16ClFN2O. The maximum Gasteiger partial charge on any atom is 0.147 e. The summed E-state index contributed by atoms with van der Waals surface area (Å²) in [5.74, 6) is 0.665. The maximum atomic E-state index is 13.9. The van der Waals surface area contributed by atoms with E-state index in [-0.39, 0.29) is 5.82 Å². The number of hydrogen-bond donors (Lipinski definition) is 1. The molecule has 0 aliphatic heterocycles. The van der Waals surface area contributed by atoms with Gasteiger partial charge in [-0.05, 0) is 25.1 Å². The Morgan fingerprint density at radius 1 is 1.35 bits per heavy atom. The van der Waals surface area contributed by atoms with Crippen LogP contribution in [-0.2, 0) is 6.54 Å². The molecule has 0 bridgehead atoms. The molecule has 1 aromatic carbocycles. The standard InChI is InChI=1S/C15H16ClFN2O/c1-2-6-18-10-13-14(17)4-3-5-15(13)20-12-7-11(16)8-19-9-12/h3-5,7-9,18H,2,6,10H2,1H3. The first kappa shape index (κ1) is 14.8. The number of pyridine rings is 1. The molecule has 0 atom stereocenters. The van der Waals surface area contributed by atoms with Gasteiger partial charge >= 0.3 is 0 Å². The quantitative estimate of drug-likeness (QED) is 0.812. The maximum absolute atomic E-state index is 13.9. The molecule has 0 aliphatic carbocycles. The monoisotopic (exact) mass is 294 g/mol. The number of rotatable bonds is 6. The van der Waals surface area contributed by atoms with E-state index in [2.05, 4.69) is 17.2 Å². The summed E-state index contributed by atoms with van der Waals surface area (Å²) in [6.45, 7) is 3.31. The van der Waals surface area contributed by atoms with Crippen LogP contribution in [0.1, 0.15) is 18.9 Å². The van der Waals surface area contributed by atoms with Gasteiger partial charge in [0, 0.05) is 24.4 Å². The van der Waals surface area contributed by atoms with Gasteiger partial charge < -0.3 is 10.1 Å². The van der Waals surface area contributed by atoms with Crippen LogP contribution in [0.25, 0.3) is 0 Å². The molecule has 3 nitrogen and oxygen atoms in total. The summed E-state index contributed by atoms with van der Waals surface area (Å²) in [6.07, 6.45) is 4.05. The van der Waals surface area contributed by atoms with Gasteiger partial charge in [0.2, 0.25) is 0 Å². The molecule has 1 N–H and O–H groups in total. The lowest BCUT2D eigenvalue weighted by Crippen LogP contribution is -2.15. The Labute approximate surface area is 122 Å². The summed E-state index contributed by atoms with van der Waals surface area (Å²) in [5.41, 5.74) is 0.501. The van der Waals surface area contributed by atoms with Gasteiger partial charge in [-0.2, -0.15) is 0 Å². The third-order valence-electron chi connectivity index (χ3n) is 2.71. The third-order valence-corrected chi connectivity index (χ3v) is 2.92. The Hall–Kier alpha value is -1.65. The first-order valence-electron chi connectivity index (χ1n) is 6.47. The molecule has 0 fully saturated rings. The van der Waals surface area contributed by atoms with Crippen molar-refractivity contribution in [1.29, 1.82) is 0 Å². The van der Waals surface area contributed by atoms with Gasteiger partial charge in [0.25, 0.3) is 0 Å². The molecule has 5 heteroatoms. The summed E-state index contributed by atoms with van der Waals surface area (Å²) in [7, 11) is 0. The van der Waals surface area contributed by atoms with Crippen LogP contribution in [0.5, 0.6) is 11.5 Å². The highest BCUT2D eigenvalue weighted by Gasteiger charge is 2.10. The van der Waals surface area contributed by atoms with Crippen LogP contribution < -0.4 is 10.1 Å². The summed E-state index contributed by atoms with van der Waals surface area (Å²) in [4.78, 5) is 3.94. The van der Waals surface area contributed by atoms with E-state index in [9.17, 15) is 4.39 Å². The van der Waals surface area contributed by atoms with Crippen molar-refractivity contribution in [3.05, 3.63) is 53.1 Å². The van der Waals surface area contributed by atoms with E-state index >= 15 is 0 Å². The zero-order chi connectivity index (χ0) is 14.4. The molecule has 20 heavy (non-hydrogen) atoms. The third kappa shape index (κ3) is 3.92. The lowest BCUT2D eigenvalue weighted by molar-refractivity contribution is 0.460. The van der Waals surface area contributed by atoms with Crippen molar-refractivity contribution in [2.24, 2.45) is 0 Å². The van der Waals surface area contributed by atoms with Crippen LogP contribution in [0.4, 0.5) is 4.39 Å². The molecule has 2 aromatic rings.